The van der Waals surface area contributed by atoms with Gasteiger partial charge in [-0.1, -0.05) is 12.1 Å². The first-order valence-electron chi connectivity index (χ1n) is 9.50. The van der Waals surface area contributed by atoms with Crippen molar-refractivity contribution < 1.29 is 23.7 Å². The Morgan fingerprint density at radius 1 is 1.10 bits per heavy atom. The summed E-state index contributed by atoms with van der Waals surface area (Å²) in [6.45, 7) is 1.28. The molecule has 0 spiro atoms. The predicted octanol–water partition coefficient (Wildman–Crippen LogP) is 4.21. The molecule has 5 rings (SSSR count). The number of ether oxygens (including phenoxy) is 4. The molecule has 8 heteroatoms. The maximum Gasteiger partial charge on any atom is 0.326 e. The number of aromatic nitrogens is 1. The van der Waals surface area contributed by atoms with E-state index in [1.807, 2.05) is 18.2 Å². The van der Waals surface area contributed by atoms with E-state index in [-0.39, 0.29) is 6.03 Å². The topological polar surface area (TPSA) is 82.2 Å². The summed E-state index contributed by atoms with van der Waals surface area (Å²) in [5.41, 5.74) is 1.97. The van der Waals surface area contributed by atoms with Gasteiger partial charge < -0.3 is 24.3 Å². The Morgan fingerprint density at radius 3 is 2.83 bits per heavy atom. The number of para-hydroxylation sites is 1. The summed E-state index contributed by atoms with van der Waals surface area (Å²) in [7, 11) is 1.58. The maximum absolute atomic E-state index is 13.2. The molecular formula is C22H19N3O5. The molecule has 0 saturated heterocycles. The Balaban J connectivity index is 1.49. The molecule has 3 aromatic rings. The fourth-order valence-corrected chi connectivity index (χ4v) is 3.47. The molecule has 2 aliphatic rings. The highest BCUT2D eigenvalue weighted by Gasteiger charge is 2.28. The molecule has 0 radical (unpaired) electrons. The van der Waals surface area contributed by atoms with Gasteiger partial charge in [0.25, 0.3) is 0 Å². The molecule has 3 heterocycles. The third kappa shape index (κ3) is 3.22. The van der Waals surface area contributed by atoms with Crippen molar-refractivity contribution in [2.75, 3.05) is 30.5 Å². The van der Waals surface area contributed by atoms with Crippen molar-refractivity contribution in [3.05, 3.63) is 60.3 Å². The summed E-state index contributed by atoms with van der Waals surface area (Å²) in [6.07, 6.45) is 1.62. The van der Waals surface area contributed by atoms with E-state index in [9.17, 15) is 4.79 Å². The maximum atomic E-state index is 13.2. The Bertz CT molecular complexity index is 1120. The molecule has 0 atom stereocenters. The summed E-state index contributed by atoms with van der Waals surface area (Å²) >= 11 is 0. The van der Waals surface area contributed by atoms with E-state index >= 15 is 0 Å². The first-order chi connectivity index (χ1) is 14.7. The van der Waals surface area contributed by atoms with Gasteiger partial charge in [0.2, 0.25) is 5.88 Å². The SMILES string of the molecule is COc1cccc2c1Oc1ncccc1N(C(=O)Nc1ccc3c(c1)OCCO3)C2. The molecule has 1 N–H and O–H groups in total. The predicted molar refractivity (Wildman–Crippen MR) is 110 cm³/mol. The molecule has 0 saturated carbocycles. The largest absolute Gasteiger partial charge is 0.493 e. The van der Waals surface area contributed by atoms with Gasteiger partial charge in [-0.05, 0) is 30.3 Å². The van der Waals surface area contributed by atoms with E-state index < -0.39 is 0 Å². The number of nitrogens with one attached hydrogen (secondary N) is 1. The number of benzene rings is 2. The van der Waals surface area contributed by atoms with Crippen LogP contribution in [0.25, 0.3) is 0 Å². The van der Waals surface area contributed by atoms with Crippen LogP contribution in [-0.4, -0.2) is 31.3 Å². The number of fused-ring (bicyclic) bond motifs is 3. The third-order valence-electron chi connectivity index (χ3n) is 4.89. The zero-order valence-electron chi connectivity index (χ0n) is 16.3. The minimum Gasteiger partial charge on any atom is -0.493 e. The first-order valence-corrected chi connectivity index (χ1v) is 9.50. The van der Waals surface area contributed by atoms with Crippen LogP contribution >= 0.6 is 0 Å². The second-order valence-electron chi connectivity index (χ2n) is 6.75. The summed E-state index contributed by atoms with van der Waals surface area (Å²) < 4.78 is 22.6. The molecule has 8 nitrogen and oxygen atoms in total. The molecule has 0 bridgehead atoms. The van der Waals surface area contributed by atoms with Gasteiger partial charge in [-0.3, -0.25) is 4.90 Å². The van der Waals surface area contributed by atoms with Crippen LogP contribution in [0.15, 0.2) is 54.7 Å². The molecule has 1 aromatic heterocycles. The van der Waals surface area contributed by atoms with Crippen LogP contribution in [0, 0.1) is 0 Å². The van der Waals surface area contributed by atoms with E-state index in [4.69, 9.17) is 18.9 Å². The van der Waals surface area contributed by atoms with E-state index in [2.05, 4.69) is 10.3 Å². The summed E-state index contributed by atoms with van der Waals surface area (Å²) in [6, 6.07) is 14.1. The van der Waals surface area contributed by atoms with Crippen LogP contribution in [0.5, 0.6) is 28.9 Å². The first kappa shape index (κ1) is 18.1. The fourth-order valence-electron chi connectivity index (χ4n) is 3.47. The van der Waals surface area contributed by atoms with Crippen molar-refractivity contribution in [3.63, 3.8) is 0 Å². The number of nitrogens with zero attached hydrogens (tertiary/aromatic N) is 2. The lowest BCUT2D eigenvalue weighted by Crippen LogP contribution is -2.34. The average molecular weight is 405 g/mol. The number of urea groups is 1. The zero-order valence-corrected chi connectivity index (χ0v) is 16.3. The molecular weight excluding hydrogens is 386 g/mol. The normalized spacial score (nSPS) is 14.0. The van der Waals surface area contributed by atoms with Crippen molar-refractivity contribution in [2.24, 2.45) is 0 Å². The quantitative estimate of drug-likeness (QED) is 0.688. The number of methoxy groups -OCH3 is 1. The number of rotatable bonds is 2. The van der Waals surface area contributed by atoms with Gasteiger partial charge in [0.1, 0.15) is 18.9 Å². The van der Waals surface area contributed by atoms with Crippen molar-refractivity contribution in [3.8, 4) is 28.9 Å². The number of anilines is 2. The fraction of sp³-hybridized carbons (Fsp3) is 0.182. The lowest BCUT2D eigenvalue weighted by atomic mass is 10.1. The zero-order chi connectivity index (χ0) is 20.5. The van der Waals surface area contributed by atoms with Crippen LogP contribution in [0.4, 0.5) is 16.2 Å². The van der Waals surface area contributed by atoms with Crippen LogP contribution in [0.2, 0.25) is 0 Å². The highest BCUT2D eigenvalue weighted by molar-refractivity contribution is 6.03. The Morgan fingerprint density at radius 2 is 1.97 bits per heavy atom. The van der Waals surface area contributed by atoms with Crippen LogP contribution in [0.3, 0.4) is 0 Å². The Hall–Kier alpha value is -3.94. The van der Waals surface area contributed by atoms with Gasteiger partial charge in [0, 0.05) is 23.5 Å². The van der Waals surface area contributed by atoms with E-state index in [1.165, 1.54) is 0 Å². The molecule has 30 heavy (non-hydrogen) atoms. The number of hydrogen-bond donors (Lipinski definition) is 1. The minimum atomic E-state index is -0.319. The summed E-state index contributed by atoms with van der Waals surface area (Å²) in [5, 5.41) is 2.93. The lowest BCUT2D eigenvalue weighted by Gasteiger charge is -2.23. The lowest BCUT2D eigenvalue weighted by molar-refractivity contribution is 0.171. The van der Waals surface area contributed by atoms with Gasteiger partial charge in [0.05, 0.1) is 13.7 Å². The Kier molecular flexibility index (Phi) is 4.51. The monoisotopic (exact) mass is 405 g/mol. The molecule has 2 amide bonds. The van der Waals surface area contributed by atoms with E-state index in [0.717, 1.165) is 5.56 Å². The highest BCUT2D eigenvalue weighted by Crippen LogP contribution is 2.42. The van der Waals surface area contributed by atoms with Gasteiger partial charge >= 0.3 is 6.03 Å². The molecule has 0 unspecified atom stereocenters. The third-order valence-corrected chi connectivity index (χ3v) is 4.89. The van der Waals surface area contributed by atoms with Crippen LogP contribution < -0.4 is 29.2 Å². The number of hydrogen-bond acceptors (Lipinski definition) is 6. The number of carbonyl (C=O) groups is 1. The van der Waals surface area contributed by atoms with Gasteiger partial charge in [-0.2, -0.15) is 0 Å². The molecule has 2 aromatic carbocycles. The molecule has 152 valence electrons. The second-order valence-corrected chi connectivity index (χ2v) is 6.75. The number of amides is 2. The molecule has 0 fully saturated rings. The minimum absolute atomic E-state index is 0.293. The van der Waals surface area contributed by atoms with Crippen molar-refractivity contribution in [2.45, 2.75) is 6.54 Å². The standard InChI is InChI=1S/C22H19N3O5/c1-27-18-6-2-4-14-13-25(16-5-3-9-23-21(16)30-20(14)18)22(26)24-15-7-8-17-19(12-15)29-11-10-28-17/h2-9,12H,10-11,13H2,1H3,(H,24,26). The number of carbonyl (C=O) groups excluding carboxylic acids is 1. The Labute approximate surface area is 173 Å². The van der Waals surface area contributed by atoms with Gasteiger partial charge in [0.15, 0.2) is 23.0 Å². The highest BCUT2D eigenvalue weighted by atomic mass is 16.6. The number of pyridine rings is 1. The van der Waals surface area contributed by atoms with Crippen molar-refractivity contribution in [1.82, 2.24) is 4.98 Å². The van der Waals surface area contributed by atoms with Crippen LogP contribution in [-0.2, 0) is 6.54 Å². The van der Waals surface area contributed by atoms with Crippen molar-refractivity contribution in [1.29, 1.82) is 0 Å². The average Bonchev–Trinajstić information content (AvgIpc) is 2.95. The van der Waals surface area contributed by atoms with Gasteiger partial charge in [-0.25, -0.2) is 9.78 Å². The van der Waals surface area contributed by atoms with Gasteiger partial charge in [-0.15, -0.1) is 0 Å². The van der Waals surface area contributed by atoms with E-state index in [0.29, 0.717) is 60.0 Å². The smallest absolute Gasteiger partial charge is 0.326 e. The van der Waals surface area contributed by atoms with E-state index in [1.54, 1.807) is 48.5 Å². The second kappa shape index (κ2) is 7.47. The van der Waals surface area contributed by atoms with Crippen LogP contribution in [0.1, 0.15) is 5.56 Å². The van der Waals surface area contributed by atoms with Crippen molar-refractivity contribution >= 4 is 17.4 Å². The molecule has 0 aliphatic carbocycles. The molecule has 2 aliphatic heterocycles. The summed E-state index contributed by atoms with van der Waals surface area (Å²) in [4.78, 5) is 19.1. The summed E-state index contributed by atoms with van der Waals surface area (Å²) in [5.74, 6) is 2.74.